The summed E-state index contributed by atoms with van der Waals surface area (Å²) < 4.78 is 34.5. The Balaban J connectivity index is 1.69. The minimum atomic E-state index is -4.31. The summed E-state index contributed by atoms with van der Waals surface area (Å²) in [5.41, 5.74) is 2.38. The van der Waals surface area contributed by atoms with Crippen molar-refractivity contribution in [2.75, 3.05) is 11.4 Å². The van der Waals surface area contributed by atoms with Gasteiger partial charge < -0.3 is 4.90 Å². The highest BCUT2D eigenvalue weighted by Gasteiger charge is 2.29. The fourth-order valence-electron chi connectivity index (χ4n) is 3.32. The first kappa shape index (κ1) is 19.4. The molecule has 0 amide bonds. The van der Waals surface area contributed by atoms with Crippen LogP contribution in [0.5, 0.6) is 0 Å². The van der Waals surface area contributed by atoms with Crippen LogP contribution >= 0.6 is 27.7 Å². The lowest BCUT2D eigenvalue weighted by Gasteiger charge is -2.33. The minimum absolute atomic E-state index is 0.204. The smallest absolute Gasteiger partial charge is 0.273 e. The number of hydrogen-bond acceptors (Lipinski definition) is 5. The number of halogens is 1. The van der Waals surface area contributed by atoms with E-state index in [-0.39, 0.29) is 6.42 Å². The zero-order valence-electron chi connectivity index (χ0n) is 14.7. The second-order valence-corrected chi connectivity index (χ2v) is 9.86. The van der Waals surface area contributed by atoms with Crippen LogP contribution < -0.4 is 4.90 Å². The Bertz CT molecular complexity index is 1080. The SMILES string of the molecule is O=S(=O)(O)C(CCN1c2ccccc2Sc2ccccc21)c1cccc(Br)n1. The van der Waals surface area contributed by atoms with Crippen LogP contribution in [-0.2, 0) is 10.1 Å². The average Bonchev–Trinajstić information content (AvgIpc) is 2.66. The van der Waals surface area contributed by atoms with Gasteiger partial charge in [0, 0.05) is 16.3 Å². The Kier molecular flexibility index (Phi) is 5.46. The molecular formula is C20H17BrN2O3S2. The molecule has 0 radical (unpaired) electrons. The van der Waals surface area contributed by atoms with Gasteiger partial charge in [0.2, 0.25) is 0 Å². The van der Waals surface area contributed by atoms with Gasteiger partial charge in [-0.2, -0.15) is 8.42 Å². The molecule has 1 atom stereocenters. The van der Waals surface area contributed by atoms with E-state index < -0.39 is 15.4 Å². The Morgan fingerprint density at radius 3 is 2.14 bits per heavy atom. The van der Waals surface area contributed by atoms with E-state index in [0.29, 0.717) is 16.8 Å². The standard InChI is InChI=1S/C20H17BrN2O3S2/c21-20-11-5-6-14(22-20)19(28(24,25)26)12-13-23-15-7-1-3-9-17(15)27-18-10-4-2-8-16(18)23/h1-11,19H,12-13H2,(H,24,25,26). The van der Waals surface area contributed by atoms with E-state index in [0.717, 1.165) is 21.2 Å². The van der Waals surface area contributed by atoms with Gasteiger partial charge in [0.15, 0.2) is 0 Å². The summed E-state index contributed by atoms with van der Waals surface area (Å²) in [5.74, 6) is 0. The molecule has 1 unspecified atom stereocenters. The molecule has 0 fully saturated rings. The number of rotatable bonds is 5. The zero-order chi connectivity index (χ0) is 19.7. The molecule has 0 aliphatic carbocycles. The van der Waals surface area contributed by atoms with Crippen molar-refractivity contribution < 1.29 is 13.0 Å². The molecule has 0 saturated heterocycles. The summed E-state index contributed by atoms with van der Waals surface area (Å²) >= 11 is 4.96. The molecule has 8 heteroatoms. The van der Waals surface area contributed by atoms with Crippen LogP contribution in [0.2, 0.25) is 0 Å². The van der Waals surface area contributed by atoms with Crippen molar-refractivity contribution in [3.05, 3.63) is 77.0 Å². The molecule has 2 heterocycles. The molecule has 1 aliphatic heterocycles. The van der Waals surface area contributed by atoms with Gasteiger partial charge >= 0.3 is 0 Å². The molecule has 5 nitrogen and oxygen atoms in total. The zero-order valence-corrected chi connectivity index (χ0v) is 17.9. The monoisotopic (exact) mass is 476 g/mol. The summed E-state index contributed by atoms with van der Waals surface area (Å²) in [6, 6.07) is 21.1. The van der Waals surface area contributed by atoms with Gasteiger partial charge in [-0.15, -0.1) is 0 Å². The molecule has 28 heavy (non-hydrogen) atoms. The number of hydrogen-bond donors (Lipinski definition) is 1. The summed E-state index contributed by atoms with van der Waals surface area (Å²) in [6.45, 7) is 0.424. The fourth-order valence-corrected chi connectivity index (χ4v) is 5.61. The van der Waals surface area contributed by atoms with Crippen molar-refractivity contribution in [1.29, 1.82) is 0 Å². The van der Waals surface area contributed by atoms with E-state index >= 15 is 0 Å². The van der Waals surface area contributed by atoms with Crippen LogP contribution in [0.3, 0.4) is 0 Å². The van der Waals surface area contributed by atoms with Crippen LogP contribution in [0.4, 0.5) is 11.4 Å². The first-order valence-electron chi connectivity index (χ1n) is 8.66. The molecule has 2 aromatic carbocycles. The average molecular weight is 477 g/mol. The third-order valence-corrected chi connectivity index (χ3v) is 7.34. The summed E-state index contributed by atoms with van der Waals surface area (Å²) in [7, 11) is -4.31. The molecule has 0 bridgehead atoms. The first-order valence-corrected chi connectivity index (χ1v) is 11.8. The van der Waals surface area contributed by atoms with Gasteiger partial charge in [-0.05, 0) is 58.7 Å². The lowest BCUT2D eigenvalue weighted by atomic mass is 10.1. The molecule has 1 aromatic heterocycles. The molecule has 0 saturated carbocycles. The van der Waals surface area contributed by atoms with Gasteiger partial charge in [0.05, 0.1) is 17.1 Å². The topological polar surface area (TPSA) is 70.5 Å². The number of anilines is 2. The van der Waals surface area contributed by atoms with E-state index in [2.05, 4.69) is 37.9 Å². The number of para-hydroxylation sites is 2. The summed E-state index contributed by atoms with van der Waals surface area (Å²) in [5, 5.41) is -1.10. The van der Waals surface area contributed by atoms with Crippen LogP contribution in [0.25, 0.3) is 0 Å². The van der Waals surface area contributed by atoms with Crippen LogP contribution in [0.15, 0.2) is 81.1 Å². The van der Waals surface area contributed by atoms with E-state index in [1.807, 2.05) is 36.4 Å². The number of pyridine rings is 1. The van der Waals surface area contributed by atoms with Gasteiger partial charge in [-0.25, -0.2) is 4.98 Å². The van der Waals surface area contributed by atoms with Crippen molar-refractivity contribution in [2.24, 2.45) is 0 Å². The van der Waals surface area contributed by atoms with E-state index in [1.165, 1.54) is 0 Å². The molecule has 3 aromatic rings. The second kappa shape index (κ2) is 7.87. The quantitative estimate of drug-likeness (QED) is 0.389. The highest BCUT2D eigenvalue weighted by atomic mass is 79.9. The van der Waals surface area contributed by atoms with Gasteiger partial charge in [-0.3, -0.25) is 4.55 Å². The van der Waals surface area contributed by atoms with Crippen molar-refractivity contribution in [3.8, 4) is 0 Å². The highest BCUT2D eigenvalue weighted by Crippen LogP contribution is 2.48. The van der Waals surface area contributed by atoms with Crippen molar-refractivity contribution in [3.63, 3.8) is 0 Å². The molecule has 1 N–H and O–H groups in total. The maximum absolute atomic E-state index is 12.1. The summed E-state index contributed by atoms with van der Waals surface area (Å²) in [6.07, 6.45) is 0.204. The number of aromatic nitrogens is 1. The van der Waals surface area contributed by atoms with E-state index in [4.69, 9.17) is 0 Å². The first-order chi connectivity index (χ1) is 13.4. The van der Waals surface area contributed by atoms with Crippen LogP contribution in [0.1, 0.15) is 17.4 Å². The van der Waals surface area contributed by atoms with Crippen molar-refractivity contribution in [2.45, 2.75) is 21.5 Å². The largest absolute Gasteiger partial charge is 0.340 e. The Morgan fingerprint density at radius 2 is 1.57 bits per heavy atom. The van der Waals surface area contributed by atoms with Crippen LogP contribution in [0, 0.1) is 0 Å². The minimum Gasteiger partial charge on any atom is -0.340 e. The maximum Gasteiger partial charge on any atom is 0.273 e. The Labute approximate surface area is 176 Å². The molecule has 1 aliphatic rings. The fraction of sp³-hybridized carbons (Fsp3) is 0.150. The maximum atomic E-state index is 12.1. The predicted octanol–water partition coefficient (Wildman–Crippen LogP) is 5.47. The van der Waals surface area contributed by atoms with Crippen molar-refractivity contribution in [1.82, 2.24) is 4.98 Å². The van der Waals surface area contributed by atoms with E-state index in [1.54, 1.807) is 30.0 Å². The van der Waals surface area contributed by atoms with Gasteiger partial charge in [-0.1, -0.05) is 42.1 Å². The molecule has 144 valence electrons. The summed E-state index contributed by atoms with van der Waals surface area (Å²) in [4.78, 5) is 8.59. The third kappa shape index (κ3) is 3.96. The molecule has 0 spiro atoms. The van der Waals surface area contributed by atoms with Crippen LogP contribution in [-0.4, -0.2) is 24.5 Å². The molecule has 4 rings (SSSR count). The third-order valence-electron chi connectivity index (χ3n) is 4.57. The normalized spacial score (nSPS) is 14.3. The number of benzene rings is 2. The Morgan fingerprint density at radius 1 is 0.964 bits per heavy atom. The lowest BCUT2D eigenvalue weighted by molar-refractivity contribution is 0.463. The molecular weight excluding hydrogens is 460 g/mol. The lowest BCUT2D eigenvalue weighted by Crippen LogP contribution is -2.25. The predicted molar refractivity (Wildman–Crippen MR) is 115 cm³/mol. The Hall–Kier alpha value is -1.87. The van der Waals surface area contributed by atoms with E-state index in [9.17, 15) is 13.0 Å². The number of nitrogens with zero attached hydrogens (tertiary/aromatic N) is 2. The second-order valence-electron chi connectivity index (χ2n) is 6.37. The number of fused-ring (bicyclic) bond motifs is 2. The van der Waals surface area contributed by atoms with Gasteiger partial charge in [0.1, 0.15) is 9.85 Å². The van der Waals surface area contributed by atoms with Gasteiger partial charge in [0.25, 0.3) is 10.1 Å². The van der Waals surface area contributed by atoms with Crippen molar-refractivity contribution >= 4 is 49.2 Å². The highest BCUT2D eigenvalue weighted by molar-refractivity contribution is 9.10.